The van der Waals surface area contributed by atoms with Crippen LogP contribution in [0.25, 0.3) is 0 Å². The Morgan fingerprint density at radius 1 is 1.55 bits per heavy atom. The van der Waals surface area contributed by atoms with Gasteiger partial charge in [0, 0.05) is 24.3 Å². The van der Waals surface area contributed by atoms with E-state index in [0.29, 0.717) is 28.9 Å². The Kier molecular flexibility index (Phi) is 6.71. The van der Waals surface area contributed by atoms with Gasteiger partial charge in [-0.25, -0.2) is 0 Å². The number of nitrogens with one attached hydrogen (secondary N) is 2. The van der Waals surface area contributed by atoms with Crippen molar-refractivity contribution in [2.75, 3.05) is 24.9 Å². The lowest BCUT2D eigenvalue weighted by molar-refractivity contribution is -0.112. The minimum atomic E-state index is -0.532. The summed E-state index contributed by atoms with van der Waals surface area (Å²) in [6, 6.07) is 6.60. The van der Waals surface area contributed by atoms with E-state index in [1.807, 2.05) is 0 Å². The molecule has 1 aromatic rings. The van der Waals surface area contributed by atoms with Crippen molar-refractivity contribution in [3.05, 3.63) is 35.0 Å². The van der Waals surface area contributed by atoms with Gasteiger partial charge in [0.2, 0.25) is 0 Å². The summed E-state index contributed by atoms with van der Waals surface area (Å²) >= 11 is 11.4. The number of halogens is 2. The van der Waals surface area contributed by atoms with Crippen molar-refractivity contribution >= 4 is 34.8 Å². The van der Waals surface area contributed by atoms with Crippen molar-refractivity contribution in [2.24, 2.45) is 0 Å². The lowest BCUT2D eigenvalue weighted by Gasteiger charge is -2.07. The topological polar surface area (TPSA) is 74.1 Å². The molecule has 106 valence electrons. The van der Waals surface area contributed by atoms with Crippen LogP contribution in [0.1, 0.15) is 0 Å². The van der Waals surface area contributed by atoms with Crippen LogP contribution in [0.3, 0.4) is 0 Å². The second-order valence-electron chi connectivity index (χ2n) is 3.62. The van der Waals surface area contributed by atoms with Gasteiger partial charge < -0.3 is 15.4 Å². The molecule has 20 heavy (non-hydrogen) atoms. The van der Waals surface area contributed by atoms with Crippen LogP contribution < -0.4 is 15.4 Å². The van der Waals surface area contributed by atoms with Gasteiger partial charge in [0.25, 0.3) is 5.91 Å². The number of ether oxygens (including phenoxy) is 1. The fraction of sp³-hybridized carbons (Fsp3) is 0.231. The summed E-state index contributed by atoms with van der Waals surface area (Å²) in [4.78, 5) is 11.9. The van der Waals surface area contributed by atoms with E-state index in [0.717, 1.165) is 0 Å². The first-order chi connectivity index (χ1) is 9.62. The summed E-state index contributed by atoms with van der Waals surface area (Å²) in [5.74, 6) is 0.352. The normalized spacial score (nSPS) is 10.6. The van der Waals surface area contributed by atoms with Gasteiger partial charge in [-0.15, -0.1) is 11.6 Å². The molecule has 1 aromatic carbocycles. The van der Waals surface area contributed by atoms with Gasteiger partial charge in [-0.05, 0) is 18.2 Å². The van der Waals surface area contributed by atoms with E-state index >= 15 is 0 Å². The fourth-order valence-corrected chi connectivity index (χ4v) is 1.69. The van der Waals surface area contributed by atoms with E-state index in [4.69, 9.17) is 33.2 Å². The minimum absolute atomic E-state index is 0.0537. The molecular formula is C13H13Cl2N3O2. The van der Waals surface area contributed by atoms with Crippen molar-refractivity contribution in [1.82, 2.24) is 5.32 Å². The number of methoxy groups -OCH3 is 1. The third-order valence-corrected chi connectivity index (χ3v) is 2.74. The molecule has 2 N–H and O–H groups in total. The Labute approximate surface area is 127 Å². The zero-order valence-electron chi connectivity index (χ0n) is 10.7. The number of benzene rings is 1. The Morgan fingerprint density at radius 2 is 2.30 bits per heavy atom. The van der Waals surface area contributed by atoms with Crippen LogP contribution in [-0.2, 0) is 4.79 Å². The summed E-state index contributed by atoms with van der Waals surface area (Å²) < 4.78 is 5.01. The van der Waals surface area contributed by atoms with Crippen LogP contribution in [0.15, 0.2) is 30.0 Å². The maximum Gasteiger partial charge on any atom is 0.267 e. The lowest BCUT2D eigenvalue weighted by Crippen LogP contribution is -2.17. The van der Waals surface area contributed by atoms with Gasteiger partial charge in [0.15, 0.2) is 0 Å². The number of amides is 1. The lowest BCUT2D eigenvalue weighted by atomic mass is 10.2. The summed E-state index contributed by atoms with van der Waals surface area (Å²) in [5.41, 5.74) is 0.418. The number of nitriles is 1. The van der Waals surface area contributed by atoms with Crippen LogP contribution >= 0.6 is 23.2 Å². The number of alkyl halides is 1. The quantitative estimate of drug-likeness (QED) is 0.366. The molecule has 1 rings (SSSR count). The Morgan fingerprint density at radius 3 is 2.85 bits per heavy atom. The van der Waals surface area contributed by atoms with Crippen molar-refractivity contribution in [1.29, 1.82) is 5.26 Å². The number of rotatable bonds is 6. The zero-order chi connectivity index (χ0) is 15.0. The molecule has 0 spiro atoms. The minimum Gasteiger partial charge on any atom is -0.495 e. The number of carbonyl (C=O) groups is 1. The number of anilines is 1. The Balaban J connectivity index is 2.76. The highest BCUT2D eigenvalue weighted by Gasteiger charge is 2.10. The van der Waals surface area contributed by atoms with Crippen LogP contribution in [0.2, 0.25) is 5.02 Å². The van der Waals surface area contributed by atoms with E-state index < -0.39 is 5.91 Å². The van der Waals surface area contributed by atoms with E-state index in [1.165, 1.54) is 13.3 Å². The van der Waals surface area contributed by atoms with E-state index in [2.05, 4.69) is 10.6 Å². The highest BCUT2D eigenvalue weighted by Crippen LogP contribution is 2.27. The molecule has 0 atom stereocenters. The molecule has 0 heterocycles. The fourth-order valence-electron chi connectivity index (χ4n) is 1.32. The average molecular weight is 314 g/mol. The van der Waals surface area contributed by atoms with E-state index in [-0.39, 0.29) is 5.57 Å². The summed E-state index contributed by atoms with van der Waals surface area (Å²) in [7, 11) is 1.50. The smallest absolute Gasteiger partial charge is 0.267 e. The highest BCUT2D eigenvalue weighted by molar-refractivity contribution is 6.32. The van der Waals surface area contributed by atoms with Gasteiger partial charge in [-0.1, -0.05) is 11.6 Å². The van der Waals surface area contributed by atoms with Gasteiger partial charge in [0.05, 0.1) is 12.1 Å². The van der Waals surface area contributed by atoms with Gasteiger partial charge >= 0.3 is 0 Å². The predicted molar refractivity (Wildman–Crippen MR) is 79.1 cm³/mol. The van der Waals surface area contributed by atoms with Crippen molar-refractivity contribution in [3.8, 4) is 11.8 Å². The first-order valence-electron chi connectivity index (χ1n) is 5.67. The molecule has 0 aliphatic rings. The summed E-state index contributed by atoms with van der Waals surface area (Å²) in [6.45, 7) is 0.467. The SMILES string of the molecule is COc1ccc(NC(=O)/C(C#N)=C\NCCCl)cc1Cl. The van der Waals surface area contributed by atoms with E-state index in [9.17, 15) is 4.79 Å². The molecule has 5 nitrogen and oxygen atoms in total. The molecule has 0 saturated carbocycles. The van der Waals surface area contributed by atoms with Gasteiger partial charge in [-0.3, -0.25) is 4.79 Å². The van der Waals surface area contributed by atoms with Crippen LogP contribution in [0, 0.1) is 11.3 Å². The average Bonchev–Trinajstić information content (AvgIpc) is 2.43. The molecule has 0 saturated heterocycles. The number of hydrogen-bond donors (Lipinski definition) is 2. The first kappa shape index (κ1) is 16.2. The second-order valence-corrected chi connectivity index (χ2v) is 4.40. The molecule has 0 fully saturated rings. The number of nitrogens with zero attached hydrogens (tertiary/aromatic N) is 1. The molecular weight excluding hydrogens is 301 g/mol. The molecule has 0 bridgehead atoms. The van der Waals surface area contributed by atoms with Gasteiger partial charge in [-0.2, -0.15) is 5.26 Å². The Bertz CT molecular complexity index is 553. The molecule has 7 heteroatoms. The third-order valence-electron chi connectivity index (χ3n) is 2.26. The molecule has 0 aliphatic heterocycles. The molecule has 1 amide bonds. The number of hydrogen-bond acceptors (Lipinski definition) is 4. The maximum atomic E-state index is 11.9. The predicted octanol–water partition coefficient (Wildman–Crippen LogP) is 2.52. The molecule has 0 aromatic heterocycles. The van der Waals surface area contributed by atoms with Crippen molar-refractivity contribution < 1.29 is 9.53 Å². The van der Waals surface area contributed by atoms with Crippen LogP contribution in [0.5, 0.6) is 5.75 Å². The summed E-state index contributed by atoms with van der Waals surface area (Å²) in [6.07, 6.45) is 1.32. The van der Waals surface area contributed by atoms with Crippen molar-refractivity contribution in [2.45, 2.75) is 0 Å². The van der Waals surface area contributed by atoms with E-state index in [1.54, 1.807) is 24.3 Å². The second kappa shape index (κ2) is 8.31. The van der Waals surface area contributed by atoms with Crippen LogP contribution in [0.4, 0.5) is 5.69 Å². The van der Waals surface area contributed by atoms with Gasteiger partial charge in [0.1, 0.15) is 17.4 Å². The van der Waals surface area contributed by atoms with Crippen LogP contribution in [-0.4, -0.2) is 25.4 Å². The molecule has 0 unspecified atom stereocenters. The Hall–Kier alpha value is -1.90. The molecule has 0 radical (unpaired) electrons. The monoisotopic (exact) mass is 313 g/mol. The van der Waals surface area contributed by atoms with Crippen molar-refractivity contribution in [3.63, 3.8) is 0 Å². The first-order valence-corrected chi connectivity index (χ1v) is 6.58. The maximum absolute atomic E-state index is 11.9. The molecule has 0 aliphatic carbocycles. The zero-order valence-corrected chi connectivity index (χ0v) is 12.3. The number of carbonyl (C=O) groups excluding carboxylic acids is 1. The largest absolute Gasteiger partial charge is 0.495 e. The summed E-state index contributed by atoms with van der Waals surface area (Å²) in [5, 5.41) is 14.6. The highest BCUT2D eigenvalue weighted by atomic mass is 35.5. The standard InChI is InChI=1S/C13H13Cl2N3O2/c1-20-12-3-2-10(6-11(12)15)18-13(19)9(7-16)8-17-5-4-14/h2-3,6,8,17H,4-5H2,1H3,(H,18,19)/b9-8-. The third kappa shape index (κ3) is 4.65.